The molecule has 0 amide bonds. The first kappa shape index (κ1) is 22.8. The Morgan fingerprint density at radius 3 is 1.64 bits per heavy atom. The summed E-state index contributed by atoms with van der Waals surface area (Å²) in [4.78, 5) is 24.6. The van der Waals surface area contributed by atoms with Crippen molar-refractivity contribution in [2.24, 2.45) is 0 Å². The van der Waals surface area contributed by atoms with Crippen LogP contribution < -0.4 is 11.5 Å². The van der Waals surface area contributed by atoms with Crippen LogP contribution >= 0.6 is 0 Å². The Balaban J connectivity index is 1.32. The molecule has 0 heterocycles. The van der Waals surface area contributed by atoms with Crippen LogP contribution in [0.5, 0.6) is 0 Å². The van der Waals surface area contributed by atoms with Gasteiger partial charge in [0.2, 0.25) is 0 Å². The molecule has 0 fully saturated rings. The molecule has 2 aliphatic carbocycles. The number of carbonyl (C=O) groups excluding carboxylic acids is 2. The fourth-order valence-electron chi connectivity index (χ4n) is 4.59. The molecule has 0 bridgehead atoms. The molecule has 0 saturated carbocycles. The quantitative estimate of drug-likeness (QED) is 0.302. The first-order valence-electron chi connectivity index (χ1n) is 11.0. The molecular formula is C26H28N2O5. The Morgan fingerprint density at radius 2 is 1.21 bits per heavy atom. The number of aliphatic hydroxyl groups is 2. The molecule has 2 aromatic carbocycles. The molecule has 2 unspecified atom stereocenters. The van der Waals surface area contributed by atoms with Crippen molar-refractivity contribution >= 4 is 35.5 Å². The number of rotatable bonds is 6. The summed E-state index contributed by atoms with van der Waals surface area (Å²) in [6.07, 6.45) is 8.16. The fourth-order valence-corrected chi connectivity index (χ4v) is 4.59. The SMILES string of the molecule is Nc1ccc2c(c1)C=CCC2(O)CCC(=O)OC(=O)CCC1(O)CC=Cc2cc(N)ccc21. The van der Waals surface area contributed by atoms with Crippen LogP contribution in [0.1, 0.15) is 60.8 Å². The lowest BCUT2D eigenvalue weighted by Gasteiger charge is -2.32. The molecule has 4 rings (SSSR count). The number of nitrogen functional groups attached to an aromatic ring is 2. The van der Waals surface area contributed by atoms with Crippen molar-refractivity contribution in [2.45, 2.75) is 49.7 Å². The number of nitrogens with two attached hydrogens (primary N) is 2. The first-order valence-corrected chi connectivity index (χ1v) is 11.0. The Hall–Kier alpha value is -3.42. The third-order valence-electron chi connectivity index (χ3n) is 6.37. The van der Waals surface area contributed by atoms with Gasteiger partial charge in [0.1, 0.15) is 0 Å². The summed E-state index contributed by atoms with van der Waals surface area (Å²) >= 11 is 0. The third kappa shape index (κ3) is 4.84. The molecule has 2 aliphatic rings. The highest BCUT2D eigenvalue weighted by molar-refractivity contribution is 5.85. The van der Waals surface area contributed by atoms with E-state index >= 15 is 0 Å². The minimum absolute atomic E-state index is 0.115. The second kappa shape index (κ2) is 8.84. The van der Waals surface area contributed by atoms with E-state index in [4.69, 9.17) is 16.2 Å². The smallest absolute Gasteiger partial charge is 0.313 e. The van der Waals surface area contributed by atoms with Crippen molar-refractivity contribution in [1.82, 2.24) is 0 Å². The highest BCUT2D eigenvalue weighted by atomic mass is 16.6. The van der Waals surface area contributed by atoms with Crippen LogP contribution in [-0.2, 0) is 25.5 Å². The van der Waals surface area contributed by atoms with Gasteiger partial charge in [0.25, 0.3) is 0 Å². The van der Waals surface area contributed by atoms with Crippen molar-refractivity contribution in [1.29, 1.82) is 0 Å². The molecule has 6 N–H and O–H groups in total. The third-order valence-corrected chi connectivity index (χ3v) is 6.37. The molecule has 7 heteroatoms. The highest BCUT2D eigenvalue weighted by Crippen LogP contribution is 2.39. The normalized spacial score (nSPS) is 23.0. The van der Waals surface area contributed by atoms with Crippen LogP contribution in [0.4, 0.5) is 11.4 Å². The molecule has 2 atom stereocenters. The maximum Gasteiger partial charge on any atom is 0.313 e. The van der Waals surface area contributed by atoms with Gasteiger partial charge in [-0.3, -0.25) is 9.59 Å². The maximum absolute atomic E-state index is 12.3. The second-order valence-corrected chi connectivity index (χ2v) is 8.82. The lowest BCUT2D eigenvalue weighted by atomic mass is 9.79. The lowest BCUT2D eigenvalue weighted by molar-refractivity contribution is -0.161. The Labute approximate surface area is 192 Å². The number of fused-ring (bicyclic) bond motifs is 2. The summed E-state index contributed by atoms with van der Waals surface area (Å²) in [7, 11) is 0. The van der Waals surface area contributed by atoms with Crippen LogP contribution in [0.2, 0.25) is 0 Å². The largest absolute Gasteiger partial charge is 0.399 e. The van der Waals surface area contributed by atoms with Gasteiger partial charge in [0.15, 0.2) is 0 Å². The number of ether oxygens (including phenoxy) is 1. The number of carbonyl (C=O) groups is 2. The molecular weight excluding hydrogens is 420 g/mol. The second-order valence-electron chi connectivity index (χ2n) is 8.82. The average molecular weight is 449 g/mol. The van der Waals surface area contributed by atoms with E-state index < -0.39 is 23.1 Å². The van der Waals surface area contributed by atoms with Crippen LogP contribution in [0.25, 0.3) is 12.2 Å². The van der Waals surface area contributed by atoms with Gasteiger partial charge in [0, 0.05) is 24.2 Å². The van der Waals surface area contributed by atoms with Crippen LogP contribution in [-0.4, -0.2) is 22.2 Å². The summed E-state index contributed by atoms with van der Waals surface area (Å²) in [5.74, 6) is -1.41. The molecule has 0 aliphatic heterocycles. The molecule has 2 aromatic rings. The van der Waals surface area contributed by atoms with Crippen LogP contribution in [0.15, 0.2) is 48.6 Å². The van der Waals surface area contributed by atoms with E-state index in [1.807, 2.05) is 24.3 Å². The lowest BCUT2D eigenvalue weighted by Crippen LogP contribution is -2.30. The van der Waals surface area contributed by atoms with Gasteiger partial charge in [-0.25, -0.2) is 0 Å². The monoisotopic (exact) mass is 448 g/mol. The molecule has 33 heavy (non-hydrogen) atoms. The van der Waals surface area contributed by atoms with E-state index in [0.29, 0.717) is 35.3 Å². The number of anilines is 2. The number of benzene rings is 2. The van der Waals surface area contributed by atoms with E-state index in [2.05, 4.69) is 0 Å². The van der Waals surface area contributed by atoms with Crippen LogP contribution in [0.3, 0.4) is 0 Å². The van der Waals surface area contributed by atoms with Crippen LogP contribution in [0, 0.1) is 0 Å². The fraction of sp³-hybridized carbons (Fsp3) is 0.308. The molecule has 0 spiro atoms. The Bertz CT molecular complexity index is 1070. The first-order chi connectivity index (χ1) is 15.7. The van der Waals surface area contributed by atoms with E-state index in [0.717, 1.165) is 11.1 Å². The molecule has 7 nitrogen and oxygen atoms in total. The summed E-state index contributed by atoms with van der Waals surface area (Å²) in [5.41, 5.74) is 13.4. The summed E-state index contributed by atoms with van der Waals surface area (Å²) in [6.45, 7) is 0. The average Bonchev–Trinajstić information content (AvgIpc) is 2.76. The zero-order valence-electron chi connectivity index (χ0n) is 18.3. The van der Waals surface area contributed by atoms with Gasteiger partial charge in [-0.15, -0.1) is 0 Å². The van der Waals surface area contributed by atoms with Crippen molar-refractivity contribution in [3.63, 3.8) is 0 Å². The topological polar surface area (TPSA) is 136 Å². The van der Waals surface area contributed by atoms with Gasteiger partial charge in [-0.1, -0.05) is 36.4 Å². The van der Waals surface area contributed by atoms with Crippen molar-refractivity contribution in [2.75, 3.05) is 11.5 Å². The predicted molar refractivity (Wildman–Crippen MR) is 126 cm³/mol. The highest BCUT2D eigenvalue weighted by Gasteiger charge is 2.35. The van der Waals surface area contributed by atoms with Gasteiger partial charge in [-0.2, -0.15) is 0 Å². The zero-order valence-corrected chi connectivity index (χ0v) is 18.3. The van der Waals surface area contributed by atoms with Gasteiger partial charge < -0.3 is 26.4 Å². The van der Waals surface area contributed by atoms with Crippen molar-refractivity contribution < 1.29 is 24.5 Å². The number of hydrogen-bond acceptors (Lipinski definition) is 7. The zero-order chi connectivity index (χ0) is 23.6. The van der Waals surface area contributed by atoms with Crippen molar-refractivity contribution in [3.05, 3.63) is 70.8 Å². The molecule has 0 radical (unpaired) electrons. The summed E-state index contributed by atoms with van der Waals surface area (Å²) in [5, 5.41) is 22.2. The minimum Gasteiger partial charge on any atom is -0.399 e. The minimum atomic E-state index is -1.23. The molecule has 0 saturated heterocycles. The maximum atomic E-state index is 12.3. The summed E-state index contributed by atoms with van der Waals surface area (Å²) in [6, 6.07) is 10.5. The van der Waals surface area contributed by atoms with E-state index in [1.165, 1.54) is 0 Å². The van der Waals surface area contributed by atoms with E-state index in [-0.39, 0.29) is 25.7 Å². The predicted octanol–water partition coefficient (Wildman–Crippen LogP) is 3.39. The van der Waals surface area contributed by atoms with Gasteiger partial charge in [-0.05, 0) is 72.2 Å². The van der Waals surface area contributed by atoms with Gasteiger partial charge in [0.05, 0.1) is 11.2 Å². The molecule has 172 valence electrons. The molecule has 0 aromatic heterocycles. The van der Waals surface area contributed by atoms with E-state index in [9.17, 15) is 19.8 Å². The standard InChI is InChI=1S/C26H28N2O5/c27-19-5-7-21-17(15-19)3-1-11-25(21,31)13-9-23(29)33-24(30)10-14-26(32)12-2-4-18-16-20(28)6-8-22(18)26/h1-8,15-16,31-32H,9-14,27-28H2. The number of hydrogen-bond donors (Lipinski definition) is 4. The van der Waals surface area contributed by atoms with Crippen molar-refractivity contribution in [3.8, 4) is 0 Å². The Kier molecular flexibility index (Phi) is 6.10. The summed E-state index contributed by atoms with van der Waals surface area (Å²) < 4.78 is 4.96. The van der Waals surface area contributed by atoms with Gasteiger partial charge >= 0.3 is 11.9 Å². The Morgan fingerprint density at radius 1 is 0.788 bits per heavy atom. The number of esters is 2. The van der Waals surface area contributed by atoms with E-state index in [1.54, 1.807) is 36.4 Å².